The van der Waals surface area contributed by atoms with Crippen molar-refractivity contribution >= 4 is 28.0 Å². The molecule has 0 radical (unpaired) electrons. The summed E-state index contributed by atoms with van der Waals surface area (Å²) in [5, 5.41) is 3.17. The third-order valence-corrected chi connectivity index (χ3v) is 5.01. The fraction of sp³-hybridized carbons (Fsp3) is 0.261. The molecule has 4 aromatic rings. The molecule has 32 heavy (non-hydrogen) atoms. The van der Waals surface area contributed by atoms with Crippen molar-refractivity contribution in [1.82, 2.24) is 14.5 Å². The quantitative estimate of drug-likeness (QED) is 0.499. The minimum Gasteiger partial charge on any atom is -0.449 e. The van der Waals surface area contributed by atoms with Crippen molar-refractivity contribution in [2.75, 3.05) is 6.54 Å². The van der Waals surface area contributed by atoms with Gasteiger partial charge in [-0.3, -0.25) is 14.2 Å². The Morgan fingerprint density at radius 3 is 2.44 bits per heavy atom. The van der Waals surface area contributed by atoms with Crippen molar-refractivity contribution < 1.29 is 18.0 Å². The first-order chi connectivity index (χ1) is 15.2. The summed E-state index contributed by atoms with van der Waals surface area (Å²) < 4.78 is 35.2. The number of hydrogen-bond acceptors (Lipinski definition) is 4. The van der Waals surface area contributed by atoms with Crippen molar-refractivity contribution in [1.29, 1.82) is 0 Å². The Morgan fingerprint density at radius 1 is 1.06 bits per heavy atom. The molecule has 0 atom stereocenters. The van der Waals surface area contributed by atoms with Crippen LogP contribution in [0.15, 0.2) is 56.5 Å². The highest BCUT2D eigenvalue weighted by Gasteiger charge is 2.21. The monoisotopic (exact) mass is 441 g/mol. The molecule has 0 spiro atoms. The number of nitrogens with one attached hydrogen (secondary N) is 1. The second kappa shape index (κ2) is 8.41. The summed E-state index contributed by atoms with van der Waals surface area (Å²) in [4.78, 5) is 38.7. The van der Waals surface area contributed by atoms with Gasteiger partial charge >= 0.3 is 5.69 Å². The topological polar surface area (TPSA) is 86.2 Å². The number of halogens is 2. The Kier molecular flexibility index (Phi) is 5.65. The molecule has 0 aliphatic heterocycles. The fourth-order valence-electron chi connectivity index (χ4n) is 3.58. The lowest BCUT2D eigenvalue weighted by Crippen LogP contribution is -2.44. The van der Waals surface area contributed by atoms with Crippen molar-refractivity contribution in [2.45, 2.75) is 26.9 Å². The lowest BCUT2D eigenvalue weighted by molar-refractivity contribution is -0.121. The first kappa shape index (κ1) is 21.5. The third kappa shape index (κ3) is 4.05. The van der Waals surface area contributed by atoms with E-state index < -0.39 is 35.3 Å². The number of amides is 1. The molecular weight excluding hydrogens is 420 g/mol. The van der Waals surface area contributed by atoms with Crippen LogP contribution in [0, 0.1) is 17.6 Å². The molecule has 4 rings (SSSR count). The van der Waals surface area contributed by atoms with Gasteiger partial charge in [-0.1, -0.05) is 26.0 Å². The SMILES string of the molecule is CC(C)CNC(=O)Cn1c(=O)c2oc3ccccc3c2n(Cc2cc(F)cc(F)c2)c1=O. The Bertz CT molecular complexity index is 1430. The highest BCUT2D eigenvalue weighted by molar-refractivity contribution is 6.02. The van der Waals surface area contributed by atoms with Gasteiger partial charge in [0.15, 0.2) is 0 Å². The molecule has 2 heterocycles. The number of rotatable bonds is 6. The summed E-state index contributed by atoms with van der Waals surface area (Å²) in [6, 6.07) is 9.71. The zero-order valence-corrected chi connectivity index (χ0v) is 17.5. The van der Waals surface area contributed by atoms with E-state index in [2.05, 4.69) is 5.32 Å². The largest absolute Gasteiger partial charge is 0.449 e. The van der Waals surface area contributed by atoms with Gasteiger partial charge in [-0.25, -0.2) is 18.1 Å². The molecule has 2 aromatic heterocycles. The van der Waals surface area contributed by atoms with Gasteiger partial charge in [0.2, 0.25) is 11.5 Å². The molecular formula is C23H21F2N3O4. The van der Waals surface area contributed by atoms with Crippen molar-refractivity contribution in [3.05, 3.63) is 80.5 Å². The van der Waals surface area contributed by atoms with E-state index in [4.69, 9.17) is 4.42 Å². The van der Waals surface area contributed by atoms with E-state index in [9.17, 15) is 23.2 Å². The number of fused-ring (bicyclic) bond motifs is 3. The third-order valence-electron chi connectivity index (χ3n) is 5.01. The molecule has 0 aliphatic rings. The molecule has 0 saturated heterocycles. The zero-order valence-electron chi connectivity index (χ0n) is 17.5. The minimum atomic E-state index is -0.789. The van der Waals surface area contributed by atoms with Gasteiger partial charge in [-0.05, 0) is 35.7 Å². The second-order valence-electron chi connectivity index (χ2n) is 8.01. The highest BCUT2D eigenvalue weighted by atomic mass is 19.1. The van der Waals surface area contributed by atoms with E-state index in [-0.39, 0.29) is 29.1 Å². The second-order valence-corrected chi connectivity index (χ2v) is 8.01. The van der Waals surface area contributed by atoms with Crippen LogP contribution in [0.4, 0.5) is 8.78 Å². The molecule has 0 aliphatic carbocycles. The Hall–Kier alpha value is -3.75. The molecule has 166 valence electrons. The van der Waals surface area contributed by atoms with Crippen molar-refractivity contribution in [3.8, 4) is 0 Å². The molecule has 0 unspecified atom stereocenters. The Labute approximate surface area is 180 Å². The number of aromatic nitrogens is 2. The smallest absolute Gasteiger partial charge is 0.332 e. The molecule has 0 bridgehead atoms. The maximum absolute atomic E-state index is 13.7. The summed E-state index contributed by atoms with van der Waals surface area (Å²) in [6.07, 6.45) is 0. The predicted molar refractivity (Wildman–Crippen MR) is 116 cm³/mol. The summed E-state index contributed by atoms with van der Waals surface area (Å²) in [7, 11) is 0. The predicted octanol–water partition coefficient (Wildman–Crippen LogP) is 3.01. The average molecular weight is 441 g/mol. The molecule has 0 saturated carbocycles. The first-order valence-electron chi connectivity index (χ1n) is 10.1. The number of furan rings is 1. The van der Waals surface area contributed by atoms with Crippen LogP contribution in [-0.4, -0.2) is 21.6 Å². The number of benzene rings is 2. The van der Waals surface area contributed by atoms with Crippen LogP contribution in [0.1, 0.15) is 19.4 Å². The van der Waals surface area contributed by atoms with E-state index in [1.165, 1.54) is 4.57 Å². The number of carbonyl (C=O) groups is 1. The van der Waals surface area contributed by atoms with Gasteiger partial charge in [-0.2, -0.15) is 0 Å². The number of nitrogens with zero attached hydrogens (tertiary/aromatic N) is 2. The van der Waals surface area contributed by atoms with Crippen LogP contribution < -0.4 is 16.6 Å². The van der Waals surface area contributed by atoms with E-state index in [1.807, 2.05) is 13.8 Å². The maximum atomic E-state index is 13.7. The Balaban J connectivity index is 1.92. The highest BCUT2D eigenvalue weighted by Crippen LogP contribution is 2.26. The molecule has 7 nitrogen and oxygen atoms in total. The van der Waals surface area contributed by atoms with Crippen molar-refractivity contribution in [2.24, 2.45) is 5.92 Å². The van der Waals surface area contributed by atoms with Crippen LogP contribution >= 0.6 is 0 Å². The van der Waals surface area contributed by atoms with E-state index >= 15 is 0 Å². The molecule has 9 heteroatoms. The summed E-state index contributed by atoms with van der Waals surface area (Å²) >= 11 is 0. The van der Waals surface area contributed by atoms with Gasteiger partial charge in [0.25, 0.3) is 5.56 Å². The van der Waals surface area contributed by atoms with Crippen LogP contribution in [-0.2, 0) is 17.9 Å². The standard InChI is InChI=1S/C23H21F2N3O4/c1-13(2)10-26-19(29)12-28-22(30)21-20(17-5-3-4-6-18(17)32-21)27(23(28)31)11-14-7-15(24)9-16(25)8-14/h3-9,13H,10-12H2,1-2H3,(H,26,29). The van der Waals surface area contributed by atoms with Gasteiger partial charge in [0, 0.05) is 18.0 Å². The number of hydrogen-bond donors (Lipinski definition) is 1. The van der Waals surface area contributed by atoms with E-state index in [1.54, 1.807) is 24.3 Å². The first-order valence-corrected chi connectivity index (χ1v) is 10.1. The average Bonchev–Trinajstić information content (AvgIpc) is 3.12. The molecule has 2 aromatic carbocycles. The molecule has 1 N–H and O–H groups in total. The van der Waals surface area contributed by atoms with Crippen LogP contribution in [0.2, 0.25) is 0 Å². The van der Waals surface area contributed by atoms with Crippen LogP contribution in [0.5, 0.6) is 0 Å². The molecule has 0 fully saturated rings. The lowest BCUT2D eigenvalue weighted by Gasteiger charge is -2.13. The number of para-hydroxylation sites is 1. The number of carbonyl (C=O) groups excluding carboxylic acids is 1. The van der Waals surface area contributed by atoms with Gasteiger partial charge in [0.05, 0.1) is 6.54 Å². The Morgan fingerprint density at radius 2 is 1.75 bits per heavy atom. The van der Waals surface area contributed by atoms with Crippen LogP contribution in [0.3, 0.4) is 0 Å². The lowest BCUT2D eigenvalue weighted by atomic mass is 10.2. The van der Waals surface area contributed by atoms with Gasteiger partial charge in [-0.15, -0.1) is 0 Å². The van der Waals surface area contributed by atoms with E-state index in [0.717, 1.165) is 22.8 Å². The van der Waals surface area contributed by atoms with E-state index in [0.29, 0.717) is 17.5 Å². The normalized spacial score (nSPS) is 11.5. The summed E-state index contributed by atoms with van der Waals surface area (Å²) in [5.41, 5.74) is -0.870. The van der Waals surface area contributed by atoms with Crippen LogP contribution in [0.25, 0.3) is 22.1 Å². The zero-order chi connectivity index (χ0) is 23.0. The fourth-order valence-corrected chi connectivity index (χ4v) is 3.58. The minimum absolute atomic E-state index is 0.112. The molecule has 1 amide bonds. The maximum Gasteiger partial charge on any atom is 0.332 e. The van der Waals surface area contributed by atoms with Gasteiger partial charge in [0.1, 0.15) is 29.3 Å². The summed E-state index contributed by atoms with van der Waals surface area (Å²) in [6.45, 7) is 3.49. The van der Waals surface area contributed by atoms with Crippen molar-refractivity contribution in [3.63, 3.8) is 0 Å². The summed E-state index contributed by atoms with van der Waals surface area (Å²) in [5.74, 6) is -1.89. The van der Waals surface area contributed by atoms with Gasteiger partial charge < -0.3 is 9.73 Å².